The number of ketones is 1. The Morgan fingerprint density at radius 3 is 2.47 bits per heavy atom. The molecule has 98 valence electrons. The molecule has 2 nitrogen and oxygen atoms in total. The summed E-state index contributed by atoms with van der Waals surface area (Å²) in [7, 11) is 0. The van der Waals surface area contributed by atoms with Gasteiger partial charge in [0.1, 0.15) is 0 Å². The molecule has 0 heterocycles. The highest BCUT2D eigenvalue weighted by Gasteiger charge is 2.09. The van der Waals surface area contributed by atoms with E-state index in [0.717, 1.165) is 5.56 Å². The summed E-state index contributed by atoms with van der Waals surface area (Å²) >= 11 is 5.93. The summed E-state index contributed by atoms with van der Waals surface area (Å²) in [6.45, 7) is 4.10. The van der Waals surface area contributed by atoms with Crippen molar-refractivity contribution in [2.75, 3.05) is 5.73 Å². The molecule has 0 aliphatic carbocycles. The lowest BCUT2D eigenvalue weighted by atomic mass is 9.99. The number of Topliss-reactive ketones (excluding diaryl/α,β-unsaturated/α-hetero) is 1. The fraction of sp³-hybridized carbons (Fsp3) is 0.188. The van der Waals surface area contributed by atoms with Crippen LogP contribution in [0.1, 0.15) is 27.0 Å². The number of carbonyl (C=O) groups is 1. The number of rotatable bonds is 3. The molecule has 0 aliphatic rings. The van der Waals surface area contributed by atoms with Gasteiger partial charge in [0, 0.05) is 12.0 Å². The summed E-state index contributed by atoms with van der Waals surface area (Å²) in [6, 6.07) is 11.1. The molecular formula is C16H16ClNO. The molecule has 0 bridgehead atoms. The highest BCUT2D eigenvalue weighted by Crippen LogP contribution is 2.21. The number of hydrogen-bond acceptors (Lipinski definition) is 2. The molecule has 0 saturated heterocycles. The van der Waals surface area contributed by atoms with Crippen LogP contribution in [0.25, 0.3) is 0 Å². The van der Waals surface area contributed by atoms with Gasteiger partial charge in [-0.3, -0.25) is 4.79 Å². The van der Waals surface area contributed by atoms with Crippen LogP contribution in [0, 0.1) is 13.8 Å². The second kappa shape index (κ2) is 5.45. The van der Waals surface area contributed by atoms with Gasteiger partial charge in [0.2, 0.25) is 0 Å². The first-order chi connectivity index (χ1) is 8.97. The molecule has 2 aromatic carbocycles. The minimum Gasteiger partial charge on any atom is -0.398 e. The fourth-order valence-electron chi connectivity index (χ4n) is 1.90. The van der Waals surface area contributed by atoms with Gasteiger partial charge in [-0.25, -0.2) is 0 Å². The zero-order chi connectivity index (χ0) is 14.0. The van der Waals surface area contributed by atoms with E-state index in [1.807, 2.05) is 25.1 Å². The minimum absolute atomic E-state index is 0.0464. The van der Waals surface area contributed by atoms with Crippen LogP contribution >= 0.6 is 11.6 Å². The molecule has 0 aromatic heterocycles. The Morgan fingerprint density at radius 2 is 1.84 bits per heavy atom. The van der Waals surface area contributed by atoms with E-state index in [0.29, 0.717) is 22.7 Å². The predicted octanol–water partition coefficient (Wildman–Crippen LogP) is 3.96. The third-order valence-corrected chi connectivity index (χ3v) is 3.59. The average Bonchev–Trinajstić information content (AvgIpc) is 2.37. The highest BCUT2D eigenvalue weighted by atomic mass is 35.5. The van der Waals surface area contributed by atoms with Gasteiger partial charge < -0.3 is 5.73 Å². The van der Waals surface area contributed by atoms with E-state index in [-0.39, 0.29) is 5.78 Å². The average molecular weight is 274 g/mol. The third-order valence-electron chi connectivity index (χ3n) is 3.26. The molecule has 0 atom stereocenters. The van der Waals surface area contributed by atoms with E-state index >= 15 is 0 Å². The van der Waals surface area contributed by atoms with Crippen molar-refractivity contribution in [2.45, 2.75) is 20.3 Å². The summed E-state index contributed by atoms with van der Waals surface area (Å²) in [5, 5.41) is 0.422. The number of halogens is 1. The summed E-state index contributed by atoms with van der Waals surface area (Å²) in [5.41, 5.74) is 10.2. The lowest BCUT2D eigenvalue weighted by Crippen LogP contribution is -2.04. The van der Waals surface area contributed by atoms with Crippen molar-refractivity contribution < 1.29 is 4.79 Å². The van der Waals surface area contributed by atoms with Gasteiger partial charge in [0.15, 0.2) is 5.78 Å². The van der Waals surface area contributed by atoms with Gasteiger partial charge in [0.25, 0.3) is 0 Å². The summed E-state index contributed by atoms with van der Waals surface area (Å²) < 4.78 is 0. The van der Waals surface area contributed by atoms with Crippen LogP contribution in [0.15, 0.2) is 36.4 Å². The molecule has 0 saturated carbocycles. The number of nitrogens with two attached hydrogens (primary N) is 1. The van der Waals surface area contributed by atoms with E-state index in [2.05, 4.69) is 6.92 Å². The van der Waals surface area contributed by atoms with Crippen LogP contribution in [0.4, 0.5) is 5.69 Å². The van der Waals surface area contributed by atoms with Gasteiger partial charge in [0.05, 0.1) is 10.7 Å². The molecule has 0 aliphatic heterocycles. The monoisotopic (exact) mass is 273 g/mol. The SMILES string of the molecule is Cc1ccc(CC(=O)c2ccc(N)c(Cl)c2)cc1C. The number of carbonyl (C=O) groups excluding carboxylic acids is 1. The number of nitrogen functional groups attached to an aromatic ring is 1. The van der Waals surface area contributed by atoms with Crippen molar-refractivity contribution >= 4 is 23.1 Å². The normalized spacial score (nSPS) is 10.5. The molecule has 2 N–H and O–H groups in total. The van der Waals surface area contributed by atoms with Crippen molar-refractivity contribution in [1.29, 1.82) is 0 Å². The van der Waals surface area contributed by atoms with Gasteiger partial charge in [-0.2, -0.15) is 0 Å². The summed E-state index contributed by atoms with van der Waals surface area (Å²) in [5.74, 6) is 0.0464. The van der Waals surface area contributed by atoms with Crippen molar-refractivity contribution in [3.63, 3.8) is 0 Å². The number of anilines is 1. The zero-order valence-electron chi connectivity index (χ0n) is 11.0. The lowest BCUT2D eigenvalue weighted by molar-refractivity contribution is 0.0993. The second-order valence-corrected chi connectivity index (χ2v) is 5.16. The smallest absolute Gasteiger partial charge is 0.167 e. The van der Waals surface area contributed by atoms with Crippen LogP contribution in [0.2, 0.25) is 5.02 Å². The molecule has 3 heteroatoms. The van der Waals surface area contributed by atoms with Gasteiger partial charge in [-0.15, -0.1) is 0 Å². The van der Waals surface area contributed by atoms with E-state index in [1.165, 1.54) is 11.1 Å². The van der Waals surface area contributed by atoms with Crippen LogP contribution in [-0.4, -0.2) is 5.78 Å². The predicted molar refractivity (Wildman–Crippen MR) is 79.8 cm³/mol. The molecule has 0 radical (unpaired) electrons. The van der Waals surface area contributed by atoms with Gasteiger partial charge in [-0.1, -0.05) is 29.8 Å². The van der Waals surface area contributed by atoms with Crippen molar-refractivity contribution in [3.05, 3.63) is 63.7 Å². The van der Waals surface area contributed by atoms with E-state index in [4.69, 9.17) is 17.3 Å². The summed E-state index contributed by atoms with van der Waals surface area (Å²) in [6.07, 6.45) is 0.376. The molecular weight excluding hydrogens is 258 g/mol. The Hall–Kier alpha value is -1.80. The standard InChI is InChI=1S/C16H16ClNO/c1-10-3-4-12(7-11(10)2)8-16(19)13-5-6-15(18)14(17)9-13/h3-7,9H,8,18H2,1-2H3. The van der Waals surface area contributed by atoms with E-state index in [9.17, 15) is 4.79 Å². The molecule has 2 aromatic rings. The maximum atomic E-state index is 12.2. The zero-order valence-corrected chi connectivity index (χ0v) is 11.8. The number of benzene rings is 2. The van der Waals surface area contributed by atoms with Gasteiger partial charge >= 0.3 is 0 Å². The first-order valence-electron chi connectivity index (χ1n) is 6.11. The first-order valence-corrected chi connectivity index (χ1v) is 6.49. The number of aryl methyl sites for hydroxylation is 2. The van der Waals surface area contributed by atoms with Gasteiger partial charge in [-0.05, 0) is 48.7 Å². The van der Waals surface area contributed by atoms with E-state index < -0.39 is 0 Å². The van der Waals surface area contributed by atoms with Crippen molar-refractivity contribution in [1.82, 2.24) is 0 Å². The van der Waals surface area contributed by atoms with Crippen LogP contribution in [-0.2, 0) is 6.42 Å². The molecule has 0 unspecified atom stereocenters. The Bertz CT molecular complexity index is 635. The minimum atomic E-state index is 0.0464. The molecule has 2 rings (SSSR count). The Labute approximate surface area is 118 Å². The maximum absolute atomic E-state index is 12.2. The Balaban J connectivity index is 2.20. The fourth-order valence-corrected chi connectivity index (χ4v) is 2.08. The lowest BCUT2D eigenvalue weighted by Gasteiger charge is -2.06. The van der Waals surface area contributed by atoms with Crippen LogP contribution in [0.5, 0.6) is 0 Å². The first kappa shape index (κ1) is 13.6. The van der Waals surface area contributed by atoms with E-state index in [1.54, 1.807) is 18.2 Å². The summed E-state index contributed by atoms with van der Waals surface area (Å²) in [4.78, 5) is 12.2. The molecule has 0 spiro atoms. The highest BCUT2D eigenvalue weighted by molar-refractivity contribution is 6.33. The largest absolute Gasteiger partial charge is 0.398 e. The number of hydrogen-bond donors (Lipinski definition) is 1. The van der Waals surface area contributed by atoms with Crippen LogP contribution in [0.3, 0.4) is 0 Å². The maximum Gasteiger partial charge on any atom is 0.167 e. The molecule has 0 amide bonds. The third kappa shape index (κ3) is 3.15. The Kier molecular flexibility index (Phi) is 3.91. The quantitative estimate of drug-likeness (QED) is 0.679. The molecule has 0 fully saturated rings. The Morgan fingerprint density at radius 1 is 1.11 bits per heavy atom. The topological polar surface area (TPSA) is 43.1 Å². The second-order valence-electron chi connectivity index (χ2n) is 4.75. The van der Waals surface area contributed by atoms with Crippen LogP contribution < -0.4 is 5.73 Å². The van der Waals surface area contributed by atoms with Crippen molar-refractivity contribution in [3.8, 4) is 0 Å². The van der Waals surface area contributed by atoms with Crippen molar-refractivity contribution in [2.24, 2.45) is 0 Å². The molecule has 19 heavy (non-hydrogen) atoms.